The molecule has 1 unspecified atom stereocenters. The van der Waals surface area contributed by atoms with Gasteiger partial charge in [0.15, 0.2) is 11.5 Å². The SMILES string of the molecule is COc1ccc(-c2nc(C(=O)N3CCN(C(=O)OC(C)(C)C)C(CO)C3)c(CN)o2)c2ccc(C(F)(F)F)nc12. The predicted molar refractivity (Wildman–Crippen MR) is 136 cm³/mol. The number of aromatic nitrogens is 2. The standard InChI is InChI=1S/C26H30F3N5O6/c1-25(2,3)40-24(37)34-10-9-33(12-14(34)13-35)23(36)21-18(11-30)39-22(32-21)16-5-7-17(38-4)20-15(16)6-8-19(31-20)26(27,28)29/h5-8,14,35H,9-13,30H2,1-4H3. The fourth-order valence-corrected chi connectivity index (χ4v) is 4.38. The molecule has 0 radical (unpaired) electrons. The molecule has 0 saturated carbocycles. The summed E-state index contributed by atoms with van der Waals surface area (Å²) in [6.45, 7) is 4.87. The monoisotopic (exact) mass is 565 g/mol. The fraction of sp³-hybridized carbons (Fsp3) is 0.462. The van der Waals surface area contributed by atoms with Gasteiger partial charge in [-0.05, 0) is 45.0 Å². The number of piperazine rings is 1. The van der Waals surface area contributed by atoms with Crippen molar-refractivity contribution in [3.8, 4) is 17.2 Å². The number of methoxy groups -OCH3 is 1. The zero-order chi connectivity index (χ0) is 29.4. The molecule has 3 N–H and O–H groups in total. The molecule has 0 spiro atoms. The van der Waals surface area contributed by atoms with Gasteiger partial charge in [-0.25, -0.2) is 14.8 Å². The maximum Gasteiger partial charge on any atom is 0.433 e. The number of nitrogens with two attached hydrogens (primary N) is 1. The second-order valence-electron chi connectivity index (χ2n) is 10.2. The molecule has 2 aromatic heterocycles. The lowest BCUT2D eigenvalue weighted by atomic mass is 10.1. The fourth-order valence-electron chi connectivity index (χ4n) is 4.38. The van der Waals surface area contributed by atoms with E-state index in [0.29, 0.717) is 0 Å². The molecule has 2 amide bonds. The van der Waals surface area contributed by atoms with Crippen molar-refractivity contribution in [2.24, 2.45) is 5.73 Å². The summed E-state index contributed by atoms with van der Waals surface area (Å²) in [5.41, 5.74) is 4.17. The quantitative estimate of drug-likeness (QED) is 0.475. The highest BCUT2D eigenvalue weighted by molar-refractivity contribution is 5.98. The molecule has 1 aliphatic heterocycles. The molecule has 1 atom stereocenters. The Morgan fingerprint density at radius 1 is 1.15 bits per heavy atom. The van der Waals surface area contributed by atoms with Crippen LogP contribution < -0.4 is 10.5 Å². The van der Waals surface area contributed by atoms with Crippen LogP contribution in [0, 0.1) is 0 Å². The minimum atomic E-state index is -4.66. The van der Waals surface area contributed by atoms with Crippen molar-refractivity contribution in [2.45, 2.75) is 45.1 Å². The van der Waals surface area contributed by atoms with Gasteiger partial charge in [0.2, 0.25) is 5.89 Å². The van der Waals surface area contributed by atoms with Crippen LogP contribution in [0.1, 0.15) is 42.7 Å². The van der Waals surface area contributed by atoms with E-state index in [4.69, 9.17) is 19.6 Å². The largest absolute Gasteiger partial charge is 0.494 e. The molecule has 1 aromatic carbocycles. The van der Waals surface area contributed by atoms with E-state index in [0.717, 1.165) is 6.07 Å². The second kappa shape index (κ2) is 10.9. The van der Waals surface area contributed by atoms with Gasteiger partial charge in [0.05, 0.1) is 26.3 Å². The average molecular weight is 566 g/mol. The van der Waals surface area contributed by atoms with Crippen LogP contribution in [0.4, 0.5) is 18.0 Å². The number of halogens is 3. The molecule has 3 heterocycles. The normalized spacial score (nSPS) is 16.4. The first-order valence-electron chi connectivity index (χ1n) is 12.4. The molecule has 1 aliphatic rings. The molecular formula is C26H30F3N5O6. The minimum absolute atomic E-state index is 0.0103. The summed E-state index contributed by atoms with van der Waals surface area (Å²) in [5.74, 6) is -0.388. The molecule has 14 heteroatoms. The Kier molecular flexibility index (Phi) is 7.94. The Hall–Kier alpha value is -3.91. The van der Waals surface area contributed by atoms with Crippen molar-refractivity contribution < 1.29 is 41.8 Å². The highest BCUT2D eigenvalue weighted by atomic mass is 19.4. The maximum atomic E-state index is 13.5. The van der Waals surface area contributed by atoms with Crippen molar-refractivity contribution in [3.05, 3.63) is 41.4 Å². The van der Waals surface area contributed by atoms with E-state index >= 15 is 0 Å². The number of alkyl halides is 3. The number of carbonyl (C=O) groups excluding carboxylic acids is 2. The van der Waals surface area contributed by atoms with E-state index in [1.165, 1.54) is 35.1 Å². The van der Waals surface area contributed by atoms with Crippen molar-refractivity contribution in [1.82, 2.24) is 19.8 Å². The molecule has 0 aliphatic carbocycles. The summed E-state index contributed by atoms with van der Waals surface area (Å²) < 4.78 is 56.3. The third-order valence-corrected chi connectivity index (χ3v) is 6.25. The molecule has 1 saturated heterocycles. The van der Waals surface area contributed by atoms with Gasteiger partial charge in [-0.2, -0.15) is 13.2 Å². The molecule has 4 rings (SSSR count). The zero-order valence-electron chi connectivity index (χ0n) is 22.4. The Morgan fingerprint density at radius 3 is 2.48 bits per heavy atom. The van der Waals surface area contributed by atoms with Gasteiger partial charge >= 0.3 is 12.3 Å². The lowest BCUT2D eigenvalue weighted by molar-refractivity contribution is -0.140. The number of nitrogens with zero attached hydrogens (tertiary/aromatic N) is 4. The lowest BCUT2D eigenvalue weighted by Crippen LogP contribution is -2.58. The number of amides is 2. The summed E-state index contributed by atoms with van der Waals surface area (Å²) in [6, 6.07) is 4.33. The van der Waals surface area contributed by atoms with Crippen LogP contribution in [0.3, 0.4) is 0 Å². The Balaban J connectivity index is 1.65. The van der Waals surface area contributed by atoms with Crippen LogP contribution >= 0.6 is 0 Å². The van der Waals surface area contributed by atoms with Gasteiger partial charge in [-0.15, -0.1) is 0 Å². The molecule has 3 aromatic rings. The number of hydrogen-bond acceptors (Lipinski definition) is 9. The highest BCUT2D eigenvalue weighted by Gasteiger charge is 2.37. The Bertz CT molecular complexity index is 1420. The zero-order valence-corrected chi connectivity index (χ0v) is 22.4. The molecule has 0 bridgehead atoms. The number of rotatable bonds is 5. The summed E-state index contributed by atoms with van der Waals surface area (Å²) in [6.07, 6.45) is -5.26. The topological polar surface area (TPSA) is 144 Å². The second-order valence-corrected chi connectivity index (χ2v) is 10.2. The first kappa shape index (κ1) is 29.1. The van der Waals surface area contributed by atoms with Crippen LogP contribution in [0.15, 0.2) is 28.7 Å². The highest BCUT2D eigenvalue weighted by Crippen LogP contribution is 2.37. The molecule has 11 nitrogen and oxygen atoms in total. The molecular weight excluding hydrogens is 535 g/mol. The third-order valence-electron chi connectivity index (χ3n) is 6.25. The first-order valence-corrected chi connectivity index (χ1v) is 12.4. The van der Waals surface area contributed by atoms with E-state index in [-0.39, 0.29) is 65.7 Å². The van der Waals surface area contributed by atoms with E-state index in [1.807, 2.05) is 0 Å². The maximum absolute atomic E-state index is 13.5. The number of hydrogen-bond donors (Lipinski definition) is 2. The van der Waals surface area contributed by atoms with Gasteiger partial charge in [-0.1, -0.05) is 0 Å². The van der Waals surface area contributed by atoms with Crippen molar-refractivity contribution in [3.63, 3.8) is 0 Å². The number of fused-ring (bicyclic) bond motifs is 1. The number of ether oxygens (including phenoxy) is 2. The van der Waals surface area contributed by atoms with E-state index in [9.17, 15) is 27.9 Å². The number of aliphatic hydroxyl groups excluding tert-OH is 1. The first-order chi connectivity index (χ1) is 18.8. The number of pyridine rings is 1. The van der Waals surface area contributed by atoms with Gasteiger partial charge < -0.3 is 29.6 Å². The number of benzene rings is 1. The van der Waals surface area contributed by atoms with Gasteiger partial charge in [0.1, 0.15) is 22.6 Å². The van der Waals surface area contributed by atoms with Crippen LogP contribution in [-0.4, -0.2) is 81.9 Å². The van der Waals surface area contributed by atoms with E-state index in [1.54, 1.807) is 20.8 Å². The smallest absolute Gasteiger partial charge is 0.433 e. The Morgan fingerprint density at radius 2 is 1.88 bits per heavy atom. The number of oxazole rings is 1. The summed E-state index contributed by atoms with van der Waals surface area (Å²) in [5, 5.41) is 10.2. The summed E-state index contributed by atoms with van der Waals surface area (Å²) in [7, 11) is 1.31. The average Bonchev–Trinajstić information content (AvgIpc) is 3.34. The Labute approximate surface area is 227 Å². The van der Waals surface area contributed by atoms with E-state index < -0.39 is 42.1 Å². The van der Waals surface area contributed by atoms with Crippen molar-refractivity contribution >= 4 is 22.9 Å². The van der Waals surface area contributed by atoms with Gasteiger partial charge in [0.25, 0.3) is 5.91 Å². The van der Waals surface area contributed by atoms with Crippen LogP contribution in [0.2, 0.25) is 0 Å². The van der Waals surface area contributed by atoms with Gasteiger partial charge in [0, 0.05) is 30.6 Å². The molecule has 40 heavy (non-hydrogen) atoms. The summed E-state index contributed by atoms with van der Waals surface area (Å²) in [4.78, 5) is 37.0. The minimum Gasteiger partial charge on any atom is -0.494 e. The van der Waals surface area contributed by atoms with Crippen molar-refractivity contribution in [1.29, 1.82) is 0 Å². The lowest BCUT2D eigenvalue weighted by Gasteiger charge is -2.40. The van der Waals surface area contributed by atoms with Crippen molar-refractivity contribution in [2.75, 3.05) is 33.4 Å². The third kappa shape index (κ3) is 5.82. The van der Waals surface area contributed by atoms with E-state index in [2.05, 4.69) is 9.97 Å². The van der Waals surface area contributed by atoms with Crippen LogP contribution in [0.25, 0.3) is 22.4 Å². The predicted octanol–water partition coefficient (Wildman–Crippen LogP) is 3.43. The molecule has 216 valence electrons. The molecule has 1 fully saturated rings. The number of aliphatic hydroxyl groups is 1. The van der Waals surface area contributed by atoms with Crippen LogP contribution in [-0.2, 0) is 17.5 Å². The van der Waals surface area contributed by atoms with Crippen LogP contribution in [0.5, 0.6) is 5.75 Å². The number of carbonyl (C=O) groups is 2. The summed E-state index contributed by atoms with van der Waals surface area (Å²) >= 11 is 0. The van der Waals surface area contributed by atoms with Gasteiger partial charge in [-0.3, -0.25) is 9.69 Å².